The number of carbonyl (C=O) groups excluding carboxylic acids is 1. The number of anilines is 3. The zero-order valence-electron chi connectivity index (χ0n) is 14.2. The van der Waals surface area contributed by atoms with E-state index in [1.54, 1.807) is 43.1 Å². The predicted octanol–water partition coefficient (Wildman–Crippen LogP) is 5.11. The van der Waals surface area contributed by atoms with Crippen LogP contribution in [-0.2, 0) is 0 Å². The van der Waals surface area contributed by atoms with E-state index in [0.717, 1.165) is 5.69 Å². The Labute approximate surface area is 161 Å². The molecule has 26 heavy (non-hydrogen) atoms. The molecule has 132 valence electrons. The third kappa shape index (κ3) is 4.31. The summed E-state index contributed by atoms with van der Waals surface area (Å²) in [5.41, 5.74) is 1.75. The fourth-order valence-electron chi connectivity index (χ4n) is 2.46. The zero-order chi connectivity index (χ0) is 18.7. The monoisotopic (exact) mass is 386 g/mol. The molecule has 1 aromatic heterocycles. The molecule has 0 saturated carbocycles. The van der Waals surface area contributed by atoms with Gasteiger partial charge in [-0.15, -0.1) is 0 Å². The molecular weight excluding hydrogens is 371 g/mol. The molecule has 0 atom stereocenters. The number of rotatable bonds is 4. The first-order valence-corrected chi connectivity index (χ1v) is 8.60. The van der Waals surface area contributed by atoms with Gasteiger partial charge in [0.25, 0.3) is 5.91 Å². The summed E-state index contributed by atoms with van der Waals surface area (Å²) >= 11 is 12.0. The van der Waals surface area contributed by atoms with Gasteiger partial charge in [0.15, 0.2) is 0 Å². The van der Waals surface area contributed by atoms with Crippen LogP contribution >= 0.6 is 23.2 Å². The number of nitrogens with zero attached hydrogens (tertiary/aromatic N) is 3. The lowest BCUT2D eigenvalue weighted by atomic mass is 10.2. The van der Waals surface area contributed by atoms with Crippen LogP contribution in [0.25, 0.3) is 0 Å². The fourth-order valence-corrected chi connectivity index (χ4v) is 2.98. The number of aromatic nitrogens is 2. The van der Waals surface area contributed by atoms with Crippen LogP contribution in [-0.4, -0.2) is 22.9 Å². The standard InChI is InChI=1S/C19H16Cl2N4O/c1-12-22-17(19(26)25(2)16-6-4-3-5-7-16)11-18(23-12)24-15-9-13(20)8-14(21)10-15/h3-11H,1-2H3,(H,22,23,24). The van der Waals surface area contributed by atoms with Crippen molar-refractivity contribution in [3.63, 3.8) is 0 Å². The van der Waals surface area contributed by atoms with Crippen LogP contribution in [0.5, 0.6) is 0 Å². The highest BCUT2D eigenvalue weighted by atomic mass is 35.5. The maximum absolute atomic E-state index is 12.8. The van der Waals surface area contributed by atoms with Crippen LogP contribution in [0.4, 0.5) is 17.2 Å². The van der Waals surface area contributed by atoms with Gasteiger partial charge in [0, 0.05) is 34.5 Å². The Morgan fingerprint density at radius 2 is 1.65 bits per heavy atom. The van der Waals surface area contributed by atoms with Gasteiger partial charge in [-0.2, -0.15) is 0 Å². The second kappa shape index (κ2) is 7.72. The summed E-state index contributed by atoms with van der Waals surface area (Å²) in [7, 11) is 1.71. The molecule has 0 bridgehead atoms. The molecule has 0 spiro atoms. The van der Waals surface area contributed by atoms with Crippen LogP contribution in [0, 0.1) is 6.92 Å². The minimum absolute atomic E-state index is 0.228. The molecule has 0 fully saturated rings. The zero-order valence-corrected chi connectivity index (χ0v) is 15.7. The summed E-state index contributed by atoms with van der Waals surface area (Å²) in [4.78, 5) is 22.9. The van der Waals surface area contributed by atoms with Gasteiger partial charge in [0.2, 0.25) is 0 Å². The summed E-state index contributed by atoms with van der Waals surface area (Å²) in [6.45, 7) is 1.73. The van der Waals surface area contributed by atoms with Crippen molar-refractivity contribution in [1.82, 2.24) is 9.97 Å². The van der Waals surface area contributed by atoms with Crippen molar-refractivity contribution in [3.05, 3.63) is 76.2 Å². The Bertz CT molecular complexity index is 927. The molecule has 3 rings (SSSR count). The topological polar surface area (TPSA) is 58.1 Å². The van der Waals surface area contributed by atoms with E-state index in [9.17, 15) is 4.79 Å². The van der Waals surface area contributed by atoms with Crippen LogP contribution < -0.4 is 10.2 Å². The van der Waals surface area contributed by atoms with Crippen molar-refractivity contribution in [2.45, 2.75) is 6.92 Å². The molecule has 1 amide bonds. The fraction of sp³-hybridized carbons (Fsp3) is 0.105. The van der Waals surface area contributed by atoms with Gasteiger partial charge in [0.05, 0.1) is 0 Å². The first-order chi connectivity index (χ1) is 12.4. The lowest BCUT2D eigenvalue weighted by Crippen LogP contribution is -2.27. The number of carbonyl (C=O) groups is 1. The first-order valence-electron chi connectivity index (χ1n) is 7.84. The third-order valence-corrected chi connectivity index (χ3v) is 4.08. The second-order valence-corrected chi connectivity index (χ2v) is 6.54. The molecule has 0 saturated heterocycles. The van der Waals surface area contributed by atoms with Crippen molar-refractivity contribution in [1.29, 1.82) is 0 Å². The molecule has 0 radical (unpaired) electrons. The van der Waals surface area contributed by atoms with Gasteiger partial charge in [-0.25, -0.2) is 9.97 Å². The molecular formula is C19H16Cl2N4O. The van der Waals surface area contributed by atoms with Crippen molar-refractivity contribution >= 4 is 46.3 Å². The number of hydrogen-bond acceptors (Lipinski definition) is 4. The number of amides is 1. The highest BCUT2D eigenvalue weighted by Gasteiger charge is 2.16. The van der Waals surface area contributed by atoms with Gasteiger partial charge in [-0.1, -0.05) is 41.4 Å². The largest absolute Gasteiger partial charge is 0.340 e. The average molecular weight is 387 g/mol. The van der Waals surface area contributed by atoms with Gasteiger partial charge in [-0.3, -0.25) is 4.79 Å². The average Bonchev–Trinajstić information content (AvgIpc) is 2.60. The minimum atomic E-state index is -0.228. The lowest BCUT2D eigenvalue weighted by molar-refractivity contribution is 0.0988. The smallest absolute Gasteiger partial charge is 0.276 e. The Hall–Kier alpha value is -2.63. The van der Waals surface area contributed by atoms with E-state index in [0.29, 0.717) is 33.1 Å². The number of halogens is 2. The first kappa shape index (κ1) is 18.2. The molecule has 5 nitrogen and oxygen atoms in total. The van der Waals surface area contributed by atoms with Gasteiger partial charge in [0.1, 0.15) is 17.3 Å². The number of para-hydroxylation sites is 1. The van der Waals surface area contributed by atoms with Gasteiger partial charge >= 0.3 is 0 Å². The van der Waals surface area contributed by atoms with E-state index in [1.807, 2.05) is 30.3 Å². The molecule has 0 unspecified atom stereocenters. The Kier molecular flexibility index (Phi) is 5.40. The van der Waals surface area contributed by atoms with E-state index < -0.39 is 0 Å². The predicted molar refractivity (Wildman–Crippen MR) is 106 cm³/mol. The molecule has 0 aliphatic carbocycles. The summed E-state index contributed by atoms with van der Waals surface area (Å²) in [5.74, 6) is 0.738. The van der Waals surface area contributed by atoms with Crippen molar-refractivity contribution in [2.75, 3.05) is 17.3 Å². The number of nitrogens with one attached hydrogen (secondary N) is 1. The van der Waals surface area contributed by atoms with Crippen molar-refractivity contribution in [3.8, 4) is 0 Å². The summed E-state index contributed by atoms with van der Waals surface area (Å²) in [6, 6.07) is 16.1. The summed E-state index contributed by atoms with van der Waals surface area (Å²) in [5, 5.41) is 4.12. The molecule has 0 aliphatic heterocycles. The van der Waals surface area contributed by atoms with Gasteiger partial charge < -0.3 is 10.2 Å². The summed E-state index contributed by atoms with van der Waals surface area (Å²) < 4.78 is 0. The molecule has 1 N–H and O–H groups in total. The van der Waals surface area contributed by atoms with E-state index in [-0.39, 0.29) is 5.91 Å². The van der Waals surface area contributed by atoms with E-state index in [4.69, 9.17) is 23.2 Å². The molecule has 3 aromatic rings. The van der Waals surface area contributed by atoms with Crippen LogP contribution in [0.15, 0.2) is 54.6 Å². The maximum Gasteiger partial charge on any atom is 0.276 e. The lowest BCUT2D eigenvalue weighted by Gasteiger charge is -2.17. The Balaban J connectivity index is 1.88. The number of hydrogen-bond donors (Lipinski definition) is 1. The normalized spacial score (nSPS) is 10.5. The Morgan fingerprint density at radius 1 is 1.00 bits per heavy atom. The Morgan fingerprint density at radius 3 is 2.31 bits per heavy atom. The summed E-state index contributed by atoms with van der Waals surface area (Å²) in [6.07, 6.45) is 0. The molecule has 1 heterocycles. The van der Waals surface area contributed by atoms with Crippen LogP contribution in [0.1, 0.15) is 16.3 Å². The number of benzene rings is 2. The van der Waals surface area contributed by atoms with E-state index in [1.165, 1.54) is 0 Å². The maximum atomic E-state index is 12.8. The van der Waals surface area contributed by atoms with E-state index >= 15 is 0 Å². The minimum Gasteiger partial charge on any atom is -0.340 e. The SMILES string of the molecule is Cc1nc(Nc2cc(Cl)cc(Cl)c2)cc(C(=O)N(C)c2ccccc2)n1. The van der Waals surface area contributed by atoms with Crippen molar-refractivity contribution < 1.29 is 4.79 Å². The van der Waals surface area contributed by atoms with Crippen LogP contribution in [0.2, 0.25) is 10.0 Å². The third-order valence-electron chi connectivity index (χ3n) is 3.64. The van der Waals surface area contributed by atoms with Crippen LogP contribution in [0.3, 0.4) is 0 Å². The molecule has 2 aromatic carbocycles. The second-order valence-electron chi connectivity index (χ2n) is 5.67. The highest BCUT2D eigenvalue weighted by Crippen LogP contribution is 2.25. The van der Waals surface area contributed by atoms with Gasteiger partial charge in [-0.05, 0) is 37.3 Å². The quantitative estimate of drug-likeness (QED) is 0.676. The number of aryl methyl sites for hydroxylation is 1. The molecule has 7 heteroatoms. The molecule has 0 aliphatic rings. The van der Waals surface area contributed by atoms with Crippen molar-refractivity contribution in [2.24, 2.45) is 0 Å². The van der Waals surface area contributed by atoms with E-state index in [2.05, 4.69) is 15.3 Å². The highest BCUT2D eigenvalue weighted by molar-refractivity contribution is 6.35.